The number of rotatable bonds is 3. The summed E-state index contributed by atoms with van der Waals surface area (Å²) in [4.78, 5) is 2.53. The van der Waals surface area contributed by atoms with Gasteiger partial charge in [-0.2, -0.15) is 0 Å². The fourth-order valence-corrected chi connectivity index (χ4v) is 3.89. The normalized spacial score (nSPS) is 13.0. The average Bonchev–Trinajstić information content (AvgIpc) is 2.77. The standard InChI is InChI=1S/C15H18BrNS/c1-9(2)15(17)14-7-6-13(18-14)11-5-4-10(3)8-12(11)16/h4-9,15H,17H2,1-3H3. The van der Waals surface area contributed by atoms with Crippen LogP contribution in [0.5, 0.6) is 0 Å². The summed E-state index contributed by atoms with van der Waals surface area (Å²) in [5, 5.41) is 0. The van der Waals surface area contributed by atoms with Gasteiger partial charge in [-0.3, -0.25) is 0 Å². The molecule has 2 N–H and O–H groups in total. The molecule has 2 aromatic rings. The van der Waals surface area contributed by atoms with Crippen LogP contribution in [0.4, 0.5) is 0 Å². The summed E-state index contributed by atoms with van der Waals surface area (Å²) in [6.07, 6.45) is 0. The number of aryl methyl sites for hydroxylation is 1. The first-order valence-electron chi connectivity index (χ1n) is 6.11. The third-order valence-corrected chi connectivity index (χ3v) is 4.94. The first-order valence-corrected chi connectivity index (χ1v) is 7.72. The van der Waals surface area contributed by atoms with E-state index in [9.17, 15) is 0 Å². The van der Waals surface area contributed by atoms with Crippen LogP contribution in [0.2, 0.25) is 0 Å². The van der Waals surface area contributed by atoms with E-state index < -0.39 is 0 Å². The van der Waals surface area contributed by atoms with Gasteiger partial charge in [-0.05, 0) is 36.6 Å². The topological polar surface area (TPSA) is 26.0 Å². The van der Waals surface area contributed by atoms with Gasteiger partial charge in [-0.1, -0.05) is 41.9 Å². The van der Waals surface area contributed by atoms with Crippen LogP contribution in [-0.2, 0) is 0 Å². The molecule has 1 unspecified atom stereocenters. The van der Waals surface area contributed by atoms with Crippen LogP contribution in [-0.4, -0.2) is 0 Å². The molecular weight excluding hydrogens is 306 g/mol. The van der Waals surface area contributed by atoms with Crippen molar-refractivity contribution < 1.29 is 0 Å². The van der Waals surface area contributed by atoms with Crippen LogP contribution in [0.3, 0.4) is 0 Å². The Labute approximate surface area is 121 Å². The molecule has 18 heavy (non-hydrogen) atoms. The van der Waals surface area contributed by atoms with E-state index in [1.807, 2.05) is 0 Å². The zero-order chi connectivity index (χ0) is 13.3. The van der Waals surface area contributed by atoms with Crippen LogP contribution in [0.1, 0.15) is 30.3 Å². The molecule has 0 saturated carbocycles. The second-order valence-electron chi connectivity index (χ2n) is 4.96. The third kappa shape index (κ3) is 2.85. The fraction of sp³-hybridized carbons (Fsp3) is 0.333. The van der Waals surface area contributed by atoms with Crippen LogP contribution < -0.4 is 5.73 Å². The quantitative estimate of drug-likeness (QED) is 0.831. The second kappa shape index (κ2) is 5.55. The number of benzene rings is 1. The molecule has 2 rings (SSSR count). The van der Waals surface area contributed by atoms with E-state index in [4.69, 9.17) is 5.73 Å². The Kier molecular flexibility index (Phi) is 4.25. The lowest BCUT2D eigenvalue weighted by molar-refractivity contribution is 0.521. The summed E-state index contributed by atoms with van der Waals surface area (Å²) in [6.45, 7) is 6.42. The lowest BCUT2D eigenvalue weighted by atomic mass is 10.0. The summed E-state index contributed by atoms with van der Waals surface area (Å²) in [6, 6.07) is 10.9. The van der Waals surface area contributed by atoms with Crippen molar-refractivity contribution in [2.45, 2.75) is 26.8 Å². The highest BCUT2D eigenvalue weighted by Crippen LogP contribution is 2.36. The van der Waals surface area contributed by atoms with Gasteiger partial charge in [-0.25, -0.2) is 0 Å². The molecule has 0 spiro atoms. The molecule has 1 aromatic heterocycles. The number of hydrogen-bond acceptors (Lipinski definition) is 2. The molecule has 0 aliphatic carbocycles. The molecule has 1 heterocycles. The molecule has 1 aromatic carbocycles. The molecule has 96 valence electrons. The number of hydrogen-bond donors (Lipinski definition) is 1. The summed E-state index contributed by atoms with van der Waals surface area (Å²) < 4.78 is 1.15. The predicted molar refractivity (Wildman–Crippen MR) is 84.0 cm³/mol. The van der Waals surface area contributed by atoms with Crippen LogP contribution >= 0.6 is 27.3 Å². The Morgan fingerprint density at radius 2 is 1.89 bits per heavy atom. The van der Waals surface area contributed by atoms with Gasteiger partial charge in [0.2, 0.25) is 0 Å². The molecule has 0 fully saturated rings. The second-order valence-corrected chi connectivity index (χ2v) is 6.92. The number of nitrogens with two attached hydrogens (primary N) is 1. The van der Waals surface area contributed by atoms with E-state index in [0.717, 1.165) is 4.47 Å². The maximum atomic E-state index is 6.19. The molecule has 0 aliphatic rings. The zero-order valence-corrected chi connectivity index (χ0v) is 13.3. The summed E-state index contributed by atoms with van der Waals surface area (Å²) in [5.74, 6) is 0.470. The predicted octanol–water partition coefficient (Wildman–Crippen LogP) is 5.14. The zero-order valence-electron chi connectivity index (χ0n) is 10.9. The van der Waals surface area contributed by atoms with E-state index in [2.05, 4.69) is 67.0 Å². The first-order chi connectivity index (χ1) is 8.49. The van der Waals surface area contributed by atoms with Crippen molar-refractivity contribution in [3.05, 3.63) is 45.2 Å². The van der Waals surface area contributed by atoms with Crippen molar-refractivity contribution in [1.29, 1.82) is 0 Å². The molecule has 3 heteroatoms. The van der Waals surface area contributed by atoms with Gasteiger partial charge in [0.25, 0.3) is 0 Å². The molecule has 1 nitrogen and oxygen atoms in total. The molecule has 0 amide bonds. The van der Waals surface area contributed by atoms with E-state index >= 15 is 0 Å². The average molecular weight is 324 g/mol. The lowest BCUT2D eigenvalue weighted by Crippen LogP contribution is -2.14. The highest BCUT2D eigenvalue weighted by atomic mass is 79.9. The minimum absolute atomic E-state index is 0.132. The summed E-state index contributed by atoms with van der Waals surface area (Å²) >= 11 is 5.42. The van der Waals surface area contributed by atoms with E-state index in [0.29, 0.717) is 5.92 Å². The Morgan fingerprint density at radius 3 is 2.50 bits per heavy atom. The molecule has 0 bridgehead atoms. The molecule has 1 atom stereocenters. The van der Waals surface area contributed by atoms with Gasteiger partial charge in [0, 0.05) is 25.8 Å². The molecular formula is C15H18BrNS. The monoisotopic (exact) mass is 323 g/mol. The maximum absolute atomic E-state index is 6.19. The number of halogens is 1. The van der Waals surface area contributed by atoms with Gasteiger partial charge in [-0.15, -0.1) is 11.3 Å². The van der Waals surface area contributed by atoms with Crippen LogP contribution in [0.25, 0.3) is 10.4 Å². The van der Waals surface area contributed by atoms with Crippen molar-refractivity contribution in [1.82, 2.24) is 0 Å². The smallest absolute Gasteiger partial charge is 0.0413 e. The van der Waals surface area contributed by atoms with Crippen LogP contribution in [0, 0.1) is 12.8 Å². The molecule has 0 saturated heterocycles. The fourth-order valence-electron chi connectivity index (χ4n) is 1.83. The van der Waals surface area contributed by atoms with Gasteiger partial charge in [0.05, 0.1) is 0 Å². The van der Waals surface area contributed by atoms with Gasteiger partial charge < -0.3 is 5.73 Å². The Balaban J connectivity index is 2.35. The first kappa shape index (κ1) is 13.8. The Morgan fingerprint density at radius 1 is 1.17 bits per heavy atom. The van der Waals surface area contributed by atoms with Crippen molar-refractivity contribution in [2.24, 2.45) is 11.7 Å². The molecule has 0 aliphatic heterocycles. The van der Waals surface area contributed by atoms with E-state index in [1.165, 1.54) is 20.9 Å². The lowest BCUT2D eigenvalue weighted by Gasteiger charge is -2.13. The summed E-state index contributed by atoms with van der Waals surface area (Å²) in [5.41, 5.74) is 8.70. The minimum atomic E-state index is 0.132. The number of thiophene rings is 1. The SMILES string of the molecule is Cc1ccc(-c2ccc(C(N)C(C)C)s2)c(Br)c1. The van der Waals surface area contributed by atoms with Crippen LogP contribution in [0.15, 0.2) is 34.8 Å². The van der Waals surface area contributed by atoms with Crippen molar-refractivity contribution in [3.8, 4) is 10.4 Å². The van der Waals surface area contributed by atoms with Gasteiger partial charge in [0.1, 0.15) is 0 Å². The maximum Gasteiger partial charge on any atom is 0.0413 e. The minimum Gasteiger partial charge on any atom is -0.323 e. The van der Waals surface area contributed by atoms with Gasteiger partial charge >= 0.3 is 0 Å². The largest absolute Gasteiger partial charge is 0.323 e. The Bertz CT molecular complexity index is 545. The summed E-state index contributed by atoms with van der Waals surface area (Å²) in [7, 11) is 0. The highest BCUT2D eigenvalue weighted by Gasteiger charge is 2.14. The van der Waals surface area contributed by atoms with Crippen molar-refractivity contribution in [2.75, 3.05) is 0 Å². The highest BCUT2D eigenvalue weighted by molar-refractivity contribution is 9.10. The third-order valence-electron chi connectivity index (χ3n) is 3.06. The van der Waals surface area contributed by atoms with Crippen molar-refractivity contribution in [3.63, 3.8) is 0 Å². The van der Waals surface area contributed by atoms with Crippen molar-refractivity contribution >= 4 is 27.3 Å². The van der Waals surface area contributed by atoms with E-state index in [1.54, 1.807) is 11.3 Å². The van der Waals surface area contributed by atoms with Gasteiger partial charge in [0.15, 0.2) is 0 Å². The van der Waals surface area contributed by atoms with E-state index in [-0.39, 0.29) is 6.04 Å². The molecule has 0 radical (unpaired) electrons. The Hall–Kier alpha value is -0.640.